The molecule has 20 heavy (non-hydrogen) atoms. The lowest BCUT2D eigenvalue weighted by Gasteiger charge is -2.23. The van der Waals surface area contributed by atoms with Gasteiger partial charge in [-0.3, -0.25) is 4.79 Å². The molecule has 2 atom stereocenters. The molecule has 3 rings (SSSR count). The Morgan fingerprint density at radius 2 is 2.00 bits per heavy atom. The second-order valence-corrected chi connectivity index (χ2v) is 5.65. The van der Waals surface area contributed by atoms with Crippen molar-refractivity contribution >= 4 is 5.91 Å². The van der Waals surface area contributed by atoms with E-state index in [2.05, 4.69) is 10.6 Å². The first-order chi connectivity index (χ1) is 9.65. The van der Waals surface area contributed by atoms with Crippen LogP contribution in [0.5, 0.6) is 0 Å². The molecule has 1 aromatic rings. The Bertz CT molecular complexity index is 515. The van der Waals surface area contributed by atoms with E-state index in [0.29, 0.717) is 12.0 Å². The Balaban J connectivity index is 1.59. The van der Waals surface area contributed by atoms with Gasteiger partial charge in [0.25, 0.3) is 0 Å². The molecule has 0 aromatic heterocycles. The number of benzene rings is 1. The van der Waals surface area contributed by atoms with Crippen LogP contribution in [0.4, 0.5) is 8.78 Å². The molecule has 1 aliphatic heterocycles. The summed E-state index contributed by atoms with van der Waals surface area (Å²) >= 11 is 0. The van der Waals surface area contributed by atoms with Gasteiger partial charge in [0.15, 0.2) is 0 Å². The molecule has 0 bridgehead atoms. The molecule has 0 radical (unpaired) electrons. The second-order valence-electron chi connectivity index (χ2n) is 5.65. The van der Waals surface area contributed by atoms with Crippen LogP contribution in [0.15, 0.2) is 18.2 Å². The summed E-state index contributed by atoms with van der Waals surface area (Å²) in [7, 11) is 0. The predicted octanol–water partition coefficient (Wildman–Crippen LogP) is 1.94. The van der Waals surface area contributed by atoms with Crippen molar-refractivity contribution in [2.75, 3.05) is 13.1 Å². The number of hydrogen-bond acceptors (Lipinski definition) is 2. The molecule has 1 saturated carbocycles. The predicted molar refractivity (Wildman–Crippen MR) is 71.2 cm³/mol. The molecule has 108 valence electrons. The van der Waals surface area contributed by atoms with Gasteiger partial charge in [-0.1, -0.05) is 6.07 Å². The number of halogens is 2. The molecule has 2 aliphatic rings. The fraction of sp³-hybridized carbons (Fsp3) is 0.533. The molecule has 1 aromatic carbocycles. The molecule has 1 amide bonds. The second kappa shape index (κ2) is 5.48. The summed E-state index contributed by atoms with van der Waals surface area (Å²) < 4.78 is 26.5. The van der Waals surface area contributed by atoms with Crippen molar-refractivity contribution in [3.05, 3.63) is 35.4 Å². The van der Waals surface area contributed by atoms with Crippen molar-refractivity contribution < 1.29 is 13.6 Å². The average molecular weight is 280 g/mol. The maximum atomic E-state index is 13.7. The first-order valence-electron chi connectivity index (χ1n) is 7.11. The fourth-order valence-corrected chi connectivity index (χ4v) is 2.91. The van der Waals surface area contributed by atoms with Crippen LogP contribution < -0.4 is 10.6 Å². The van der Waals surface area contributed by atoms with Crippen LogP contribution in [0.3, 0.4) is 0 Å². The van der Waals surface area contributed by atoms with E-state index in [4.69, 9.17) is 0 Å². The molecule has 1 aliphatic carbocycles. The highest BCUT2D eigenvalue weighted by Crippen LogP contribution is 2.48. The van der Waals surface area contributed by atoms with Crippen LogP contribution in [0.1, 0.15) is 30.7 Å². The highest BCUT2D eigenvalue weighted by molar-refractivity contribution is 5.83. The van der Waals surface area contributed by atoms with E-state index >= 15 is 0 Å². The quantitative estimate of drug-likeness (QED) is 0.888. The minimum Gasteiger partial charge on any atom is -0.353 e. The van der Waals surface area contributed by atoms with Gasteiger partial charge < -0.3 is 10.6 Å². The molecule has 2 N–H and O–H groups in total. The monoisotopic (exact) mass is 280 g/mol. The Hall–Kier alpha value is -1.49. The van der Waals surface area contributed by atoms with E-state index in [9.17, 15) is 13.6 Å². The van der Waals surface area contributed by atoms with Gasteiger partial charge in [0.05, 0.1) is 0 Å². The van der Waals surface area contributed by atoms with Gasteiger partial charge >= 0.3 is 0 Å². The van der Waals surface area contributed by atoms with Crippen LogP contribution in [-0.2, 0) is 4.79 Å². The van der Waals surface area contributed by atoms with Crippen molar-refractivity contribution in [3.63, 3.8) is 0 Å². The van der Waals surface area contributed by atoms with E-state index in [-0.39, 0.29) is 23.8 Å². The third-order valence-corrected chi connectivity index (χ3v) is 4.17. The standard InChI is InChI=1S/C15H18F2N2O/c16-9-1-2-11(14(17)7-9)12-8-13(12)15(20)19-10-3-5-18-6-4-10/h1-2,7,10,12-13,18H,3-6,8H2,(H,19,20). The number of rotatable bonds is 3. The number of hydrogen-bond donors (Lipinski definition) is 2. The van der Waals surface area contributed by atoms with E-state index in [1.54, 1.807) is 0 Å². The lowest BCUT2D eigenvalue weighted by atomic mass is 10.1. The molecule has 2 unspecified atom stereocenters. The van der Waals surface area contributed by atoms with Crippen molar-refractivity contribution in [1.82, 2.24) is 10.6 Å². The Morgan fingerprint density at radius 3 is 2.70 bits per heavy atom. The van der Waals surface area contributed by atoms with Crippen molar-refractivity contribution in [1.29, 1.82) is 0 Å². The lowest BCUT2D eigenvalue weighted by molar-refractivity contribution is -0.123. The highest BCUT2D eigenvalue weighted by Gasteiger charge is 2.45. The molecule has 3 nitrogen and oxygen atoms in total. The Kier molecular flexibility index (Phi) is 3.70. The van der Waals surface area contributed by atoms with E-state index in [1.807, 2.05) is 0 Å². The van der Waals surface area contributed by atoms with Crippen molar-refractivity contribution in [2.24, 2.45) is 5.92 Å². The Morgan fingerprint density at radius 1 is 1.25 bits per heavy atom. The van der Waals surface area contributed by atoms with Gasteiger partial charge in [-0.05, 0) is 49.9 Å². The molecule has 2 fully saturated rings. The lowest BCUT2D eigenvalue weighted by Crippen LogP contribution is -2.43. The van der Waals surface area contributed by atoms with Gasteiger partial charge in [-0.2, -0.15) is 0 Å². The van der Waals surface area contributed by atoms with Gasteiger partial charge in [0.2, 0.25) is 5.91 Å². The van der Waals surface area contributed by atoms with Gasteiger partial charge in [0, 0.05) is 18.0 Å². The van der Waals surface area contributed by atoms with E-state index in [1.165, 1.54) is 12.1 Å². The first-order valence-corrected chi connectivity index (χ1v) is 7.11. The minimum absolute atomic E-state index is 0.00521. The van der Waals surface area contributed by atoms with E-state index in [0.717, 1.165) is 32.0 Å². The van der Waals surface area contributed by atoms with Crippen molar-refractivity contribution in [2.45, 2.75) is 31.2 Å². The third-order valence-electron chi connectivity index (χ3n) is 4.17. The summed E-state index contributed by atoms with van der Waals surface area (Å²) in [6.07, 6.45) is 2.53. The molecule has 1 heterocycles. The average Bonchev–Trinajstić information content (AvgIpc) is 3.20. The first kappa shape index (κ1) is 13.5. The zero-order valence-electron chi connectivity index (χ0n) is 11.2. The number of carbonyl (C=O) groups is 1. The van der Waals surface area contributed by atoms with Crippen LogP contribution in [0.2, 0.25) is 0 Å². The minimum atomic E-state index is -0.581. The summed E-state index contributed by atoms with van der Waals surface area (Å²) in [6, 6.07) is 3.81. The number of amides is 1. The summed E-state index contributed by atoms with van der Waals surface area (Å²) in [5.74, 6) is -1.39. The normalized spacial score (nSPS) is 26.3. The number of nitrogens with one attached hydrogen (secondary N) is 2. The zero-order valence-corrected chi connectivity index (χ0v) is 11.2. The summed E-state index contributed by atoms with van der Waals surface area (Å²) in [4.78, 5) is 12.1. The highest BCUT2D eigenvalue weighted by atomic mass is 19.1. The van der Waals surface area contributed by atoms with E-state index < -0.39 is 11.6 Å². The molecule has 5 heteroatoms. The maximum Gasteiger partial charge on any atom is 0.223 e. The smallest absolute Gasteiger partial charge is 0.223 e. The van der Waals surface area contributed by atoms with Crippen LogP contribution in [0, 0.1) is 17.6 Å². The maximum absolute atomic E-state index is 13.7. The SMILES string of the molecule is O=C(NC1CCNCC1)C1CC1c1ccc(F)cc1F. The zero-order chi connectivity index (χ0) is 14.1. The largest absolute Gasteiger partial charge is 0.353 e. The van der Waals surface area contributed by atoms with Crippen LogP contribution in [-0.4, -0.2) is 25.0 Å². The van der Waals surface area contributed by atoms with Crippen LogP contribution >= 0.6 is 0 Å². The molecule has 0 spiro atoms. The number of piperidine rings is 1. The van der Waals surface area contributed by atoms with Crippen molar-refractivity contribution in [3.8, 4) is 0 Å². The van der Waals surface area contributed by atoms with Crippen LogP contribution in [0.25, 0.3) is 0 Å². The van der Waals surface area contributed by atoms with Gasteiger partial charge in [-0.15, -0.1) is 0 Å². The Labute approximate surface area is 116 Å². The molecular formula is C15H18F2N2O. The van der Waals surface area contributed by atoms with Gasteiger partial charge in [0.1, 0.15) is 11.6 Å². The summed E-state index contributed by atoms with van der Waals surface area (Å²) in [5.41, 5.74) is 0.455. The van der Waals surface area contributed by atoms with Gasteiger partial charge in [-0.25, -0.2) is 8.78 Å². The topological polar surface area (TPSA) is 41.1 Å². The molecular weight excluding hydrogens is 262 g/mol. The number of carbonyl (C=O) groups excluding carboxylic acids is 1. The fourth-order valence-electron chi connectivity index (χ4n) is 2.91. The molecule has 1 saturated heterocycles. The third kappa shape index (κ3) is 2.82. The summed E-state index contributed by atoms with van der Waals surface area (Å²) in [5, 5.41) is 6.28. The summed E-state index contributed by atoms with van der Waals surface area (Å²) in [6.45, 7) is 1.84.